The molecule has 3 fully saturated rings. The molecule has 0 radical (unpaired) electrons. The number of quaternary nitrogens is 1. The number of carbonyl (C=O) groups is 1. The van der Waals surface area contributed by atoms with Crippen molar-refractivity contribution in [1.82, 2.24) is 24.9 Å². The van der Waals surface area contributed by atoms with E-state index in [0.29, 0.717) is 0 Å². The van der Waals surface area contributed by atoms with Crippen molar-refractivity contribution in [2.45, 2.75) is 6.17 Å². The van der Waals surface area contributed by atoms with Crippen LogP contribution in [-0.4, -0.2) is 138 Å². The van der Waals surface area contributed by atoms with Crippen LogP contribution < -0.4 is 5.32 Å². The summed E-state index contributed by atoms with van der Waals surface area (Å²) >= 11 is 0. The fourth-order valence-corrected chi connectivity index (χ4v) is 2.75. The Hall–Kier alpha value is -0.730. The van der Waals surface area contributed by atoms with Gasteiger partial charge in [0.2, 0.25) is 6.41 Å². The Kier molecular flexibility index (Phi) is 9.15. The predicted octanol–water partition coefficient (Wildman–Crippen LogP) is -1.12. The first-order valence-electron chi connectivity index (χ1n) is 9.02. The summed E-state index contributed by atoms with van der Waals surface area (Å²) in [6, 6.07) is 0. The average molecular weight is 344 g/mol. The number of amides is 1. The van der Waals surface area contributed by atoms with E-state index in [9.17, 15) is 4.79 Å². The first-order valence-corrected chi connectivity index (χ1v) is 9.02. The second-order valence-corrected chi connectivity index (χ2v) is 8.03. The molecular weight excluding hydrogens is 304 g/mol. The molecule has 7 heteroatoms. The molecule has 3 aliphatic heterocycles. The molecule has 24 heavy (non-hydrogen) atoms. The van der Waals surface area contributed by atoms with Crippen LogP contribution in [0, 0.1) is 0 Å². The van der Waals surface area contributed by atoms with Gasteiger partial charge in [0.05, 0.1) is 27.7 Å². The molecule has 2 atom stereocenters. The number of carbonyl (C=O) groups excluding carboxylic acids is 1. The molecule has 0 aromatic rings. The van der Waals surface area contributed by atoms with E-state index in [1.165, 1.54) is 19.6 Å². The molecule has 142 valence electrons. The van der Waals surface area contributed by atoms with Crippen LogP contribution >= 0.6 is 0 Å². The largest absolute Gasteiger partial charge is 0.343 e. The molecule has 0 saturated carbocycles. The van der Waals surface area contributed by atoms with Crippen LogP contribution in [0.4, 0.5) is 0 Å². The van der Waals surface area contributed by atoms with Crippen molar-refractivity contribution < 1.29 is 9.28 Å². The van der Waals surface area contributed by atoms with Gasteiger partial charge < -0.3 is 24.5 Å². The Bertz CT molecular complexity index is 345. The molecule has 2 unspecified atom stereocenters. The molecular formula is C17H39N6O+. The fraction of sp³-hybridized carbons (Fsp3) is 0.941. The minimum atomic E-state index is 0.787. The van der Waals surface area contributed by atoms with Crippen molar-refractivity contribution in [1.29, 1.82) is 0 Å². The predicted molar refractivity (Wildman–Crippen MR) is 100.0 cm³/mol. The number of hydrogen-bond acceptors (Lipinski definition) is 5. The second-order valence-electron chi connectivity index (χ2n) is 8.03. The molecule has 3 aliphatic rings. The summed E-state index contributed by atoms with van der Waals surface area (Å²) in [5.41, 5.74) is 0. The van der Waals surface area contributed by atoms with Gasteiger partial charge >= 0.3 is 0 Å². The maximum Gasteiger partial charge on any atom is 0.209 e. The van der Waals surface area contributed by atoms with Crippen molar-refractivity contribution >= 4 is 6.41 Å². The maximum absolute atomic E-state index is 10.2. The van der Waals surface area contributed by atoms with Gasteiger partial charge in [-0.25, -0.2) is 4.90 Å². The molecule has 3 saturated heterocycles. The third-order valence-electron chi connectivity index (χ3n) is 4.75. The maximum atomic E-state index is 10.2. The minimum Gasteiger partial charge on any atom is -0.343 e. The molecule has 0 bridgehead atoms. The Labute approximate surface area is 148 Å². The van der Waals surface area contributed by atoms with Crippen LogP contribution in [0.5, 0.6) is 0 Å². The van der Waals surface area contributed by atoms with Crippen LogP contribution in [0.3, 0.4) is 0 Å². The highest BCUT2D eigenvalue weighted by Gasteiger charge is 2.41. The summed E-state index contributed by atoms with van der Waals surface area (Å²) in [7, 11) is 13.1. The number of likely N-dealkylation sites (N-methyl/N-ethyl adjacent to an activating group) is 4. The molecule has 0 spiro atoms. The lowest BCUT2D eigenvalue weighted by Crippen LogP contribution is -2.43. The van der Waals surface area contributed by atoms with E-state index in [1.54, 1.807) is 4.90 Å². The fourth-order valence-electron chi connectivity index (χ4n) is 2.75. The Balaban J connectivity index is 0.000000181. The van der Waals surface area contributed by atoms with E-state index in [-0.39, 0.29) is 0 Å². The van der Waals surface area contributed by atoms with Crippen LogP contribution in [-0.2, 0) is 4.79 Å². The van der Waals surface area contributed by atoms with E-state index < -0.39 is 0 Å². The van der Waals surface area contributed by atoms with Crippen molar-refractivity contribution in [3.05, 3.63) is 0 Å². The average Bonchev–Trinajstić information content (AvgIpc) is 3.28. The number of nitrogens with one attached hydrogen (secondary N) is 1. The third kappa shape index (κ3) is 8.94. The van der Waals surface area contributed by atoms with Gasteiger partial charge in [0.15, 0.2) is 6.17 Å². The first-order chi connectivity index (χ1) is 11.2. The van der Waals surface area contributed by atoms with Crippen LogP contribution in [0.2, 0.25) is 0 Å². The summed E-state index contributed by atoms with van der Waals surface area (Å²) in [5.74, 6) is 0. The van der Waals surface area contributed by atoms with Crippen molar-refractivity contribution in [3.8, 4) is 0 Å². The topological polar surface area (TPSA) is 41.8 Å². The zero-order valence-electron chi connectivity index (χ0n) is 16.7. The summed E-state index contributed by atoms with van der Waals surface area (Å²) < 4.78 is 1.08. The van der Waals surface area contributed by atoms with Gasteiger partial charge in [-0.1, -0.05) is 0 Å². The summed E-state index contributed by atoms with van der Waals surface area (Å²) in [4.78, 5) is 18.9. The van der Waals surface area contributed by atoms with Crippen molar-refractivity contribution in [3.63, 3.8) is 0 Å². The molecule has 0 aromatic carbocycles. The molecule has 1 amide bonds. The number of nitrogens with zero attached hydrogens (tertiary/aromatic N) is 5. The Morgan fingerprint density at radius 3 is 1.58 bits per heavy atom. The number of rotatable bonds is 2. The molecule has 3 rings (SSSR count). The van der Waals surface area contributed by atoms with Crippen molar-refractivity contribution in [2.75, 3.05) is 101 Å². The second kappa shape index (κ2) is 10.3. The third-order valence-corrected chi connectivity index (χ3v) is 4.75. The van der Waals surface area contributed by atoms with Crippen molar-refractivity contribution in [2.24, 2.45) is 0 Å². The van der Waals surface area contributed by atoms with Gasteiger partial charge in [-0.15, -0.1) is 0 Å². The van der Waals surface area contributed by atoms with E-state index in [2.05, 4.69) is 62.3 Å². The summed E-state index contributed by atoms with van der Waals surface area (Å²) in [6.07, 6.45) is 1.71. The SMILES string of the molecule is CN1CC1[N+](C)(C)C.CN1CCN(C=O)CC1.CN1CCNCC1. The van der Waals surface area contributed by atoms with Crippen LogP contribution in [0.15, 0.2) is 0 Å². The Morgan fingerprint density at radius 1 is 0.875 bits per heavy atom. The highest BCUT2D eigenvalue weighted by molar-refractivity contribution is 5.47. The quantitative estimate of drug-likeness (QED) is 0.391. The lowest BCUT2D eigenvalue weighted by Gasteiger charge is -2.29. The molecule has 0 aromatic heterocycles. The lowest BCUT2D eigenvalue weighted by atomic mass is 10.4. The van der Waals surface area contributed by atoms with Gasteiger partial charge in [0.1, 0.15) is 0 Å². The monoisotopic (exact) mass is 343 g/mol. The summed E-state index contributed by atoms with van der Waals surface area (Å²) in [6.45, 7) is 9.81. The van der Waals surface area contributed by atoms with Crippen LogP contribution in [0.1, 0.15) is 0 Å². The summed E-state index contributed by atoms with van der Waals surface area (Å²) in [5, 5.41) is 3.27. The zero-order valence-corrected chi connectivity index (χ0v) is 16.7. The van der Waals surface area contributed by atoms with E-state index >= 15 is 0 Å². The highest BCUT2D eigenvalue weighted by Crippen LogP contribution is 2.20. The van der Waals surface area contributed by atoms with Gasteiger partial charge in [-0.3, -0.25) is 4.79 Å². The number of piperazine rings is 2. The highest BCUT2D eigenvalue weighted by atomic mass is 16.1. The van der Waals surface area contributed by atoms with E-state index in [4.69, 9.17) is 0 Å². The van der Waals surface area contributed by atoms with E-state index in [0.717, 1.165) is 56.3 Å². The van der Waals surface area contributed by atoms with Gasteiger partial charge in [0, 0.05) is 52.4 Å². The number of hydrogen-bond donors (Lipinski definition) is 1. The van der Waals surface area contributed by atoms with Gasteiger partial charge in [-0.05, 0) is 21.1 Å². The Morgan fingerprint density at radius 2 is 1.33 bits per heavy atom. The molecule has 3 heterocycles. The van der Waals surface area contributed by atoms with Gasteiger partial charge in [0.25, 0.3) is 0 Å². The minimum absolute atomic E-state index is 0.787. The lowest BCUT2D eigenvalue weighted by molar-refractivity contribution is -0.886. The van der Waals surface area contributed by atoms with E-state index in [1.807, 2.05) is 0 Å². The zero-order chi connectivity index (χ0) is 18.2. The standard InChI is InChI=1S/C6H12N2O.C6H15N2.C5H12N2/c1-7-2-4-8(6-9)5-3-7;1-7-5-6(7)8(2,3)4;1-7-4-2-6-3-5-7/h6H,2-5H2,1H3;6H,5H2,1-4H3;6H,2-5H2,1H3/q;+1;. The molecule has 7 nitrogen and oxygen atoms in total. The first kappa shape index (κ1) is 21.3. The normalized spacial score (nSPS) is 28.2. The molecule has 1 N–H and O–H groups in total. The molecule has 0 aliphatic carbocycles. The van der Waals surface area contributed by atoms with Crippen LogP contribution in [0.25, 0.3) is 0 Å². The smallest absolute Gasteiger partial charge is 0.209 e. The van der Waals surface area contributed by atoms with Gasteiger partial charge in [-0.2, -0.15) is 0 Å².